The lowest BCUT2D eigenvalue weighted by Gasteiger charge is -2.29. The van der Waals surface area contributed by atoms with Crippen molar-refractivity contribution in [3.05, 3.63) is 41.9 Å². The minimum Gasteiger partial charge on any atom is -0.453 e. The predicted molar refractivity (Wildman–Crippen MR) is 101 cm³/mol. The second-order valence-electron chi connectivity index (χ2n) is 6.40. The molecule has 3 aromatic rings. The number of carbonyl (C=O) groups excluding carboxylic acids is 1. The summed E-state index contributed by atoms with van der Waals surface area (Å²) in [7, 11) is 3.44. The molecule has 27 heavy (non-hydrogen) atoms. The molecule has 1 aliphatic rings. The van der Waals surface area contributed by atoms with Crippen molar-refractivity contribution < 1.29 is 18.7 Å². The van der Waals surface area contributed by atoms with Crippen molar-refractivity contribution in [1.82, 2.24) is 9.78 Å². The van der Waals surface area contributed by atoms with Crippen LogP contribution in [0.4, 0.5) is 11.5 Å². The Hall–Kier alpha value is -2.84. The number of nitrogens with one attached hydrogen (secondary N) is 1. The molecule has 1 aromatic carbocycles. The van der Waals surface area contributed by atoms with E-state index in [1.54, 1.807) is 23.9 Å². The fourth-order valence-electron chi connectivity index (χ4n) is 3.34. The van der Waals surface area contributed by atoms with Gasteiger partial charge in [0, 0.05) is 27.2 Å². The molecule has 142 valence electrons. The Kier molecular flexibility index (Phi) is 4.83. The second-order valence-corrected chi connectivity index (χ2v) is 6.40. The summed E-state index contributed by atoms with van der Waals surface area (Å²) < 4.78 is 17.8. The third kappa shape index (κ3) is 3.41. The molecule has 4 rings (SSSR count). The minimum atomic E-state index is -0.339. The highest BCUT2D eigenvalue weighted by atomic mass is 16.5. The molecule has 0 unspecified atom stereocenters. The number of ether oxygens (including phenoxy) is 2. The highest BCUT2D eigenvalue weighted by Gasteiger charge is 2.21. The zero-order valence-corrected chi connectivity index (χ0v) is 15.4. The van der Waals surface area contributed by atoms with E-state index >= 15 is 0 Å². The van der Waals surface area contributed by atoms with Gasteiger partial charge in [0.1, 0.15) is 12.4 Å². The lowest BCUT2D eigenvalue weighted by atomic mass is 10.1. The van der Waals surface area contributed by atoms with Crippen LogP contribution in [0.25, 0.3) is 10.9 Å². The molecular weight excluding hydrogens is 348 g/mol. The first-order valence-corrected chi connectivity index (χ1v) is 8.85. The minimum absolute atomic E-state index is 0.227. The van der Waals surface area contributed by atoms with Crippen LogP contribution in [0.5, 0.6) is 0 Å². The molecule has 8 heteroatoms. The number of anilines is 2. The van der Waals surface area contributed by atoms with Crippen molar-refractivity contribution in [3.63, 3.8) is 0 Å². The summed E-state index contributed by atoms with van der Waals surface area (Å²) in [5, 5.41) is 8.32. The van der Waals surface area contributed by atoms with Crippen molar-refractivity contribution >= 4 is 28.3 Å². The van der Waals surface area contributed by atoms with E-state index in [0.717, 1.165) is 29.7 Å². The summed E-state index contributed by atoms with van der Waals surface area (Å²) in [6.45, 7) is 3.31. The maximum absolute atomic E-state index is 12.6. The van der Waals surface area contributed by atoms with Gasteiger partial charge in [-0.25, -0.2) is 0 Å². The number of hydrogen-bond donors (Lipinski definition) is 1. The maximum atomic E-state index is 12.6. The number of amides is 1. The predicted octanol–water partition coefficient (Wildman–Crippen LogP) is 2.40. The largest absolute Gasteiger partial charge is 0.453 e. The Bertz CT molecular complexity index is 956. The van der Waals surface area contributed by atoms with E-state index in [1.807, 2.05) is 19.2 Å². The summed E-state index contributed by atoms with van der Waals surface area (Å²) in [6.07, 6.45) is 0. The molecule has 8 nitrogen and oxygen atoms in total. The summed E-state index contributed by atoms with van der Waals surface area (Å²) in [6, 6.07) is 9.41. The first-order chi connectivity index (χ1) is 13.2. The number of morpholine rings is 1. The molecule has 2 aromatic heterocycles. The number of fused-ring (bicyclic) bond motifs is 1. The van der Waals surface area contributed by atoms with Crippen LogP contribution >= 0.6 is 0 Å². The van der Waals surface area contributed by atoms with Gasteiger partial charge in [-0.3, -0.25) is 9.48 Å². The molecule has 0 bridgehead atoms. The van der Waals surface area contributed by atoms with E-state index < -0.39 is 0 Å². The van der Waals surface area contributed by atoms with Gasteiger partial charge in [0.05, 0.1) is 29.8 Å². The van der Waals surface area contributed by atoms with Crippen LogP contribution < -0.4 is 10.2 Å². The lowest BCUT2D eigenvalue weighted by Crippen LogP contribution is -2.36. The van der Waals surface area contributed by atoms with Crippen LogP contribution in [0.15, 0.2) is 34.7 Å². The van der Waals surface area contributed by atoms with Crippen LogP contribution in [0.3, 0.4) is 0 Å². The van der Waals surface area contributed by atoms with Gasteiger partial charge in [-0.15, -0.1) is 0 Å². The van der Waals surface area contributed by atoms with E-state index in [2.05, 4.69) is 21.4 Å². The van der Waals surface area contributed by atoms with Crippen LogP contribution in [-0.4, -0.2) is 49.1 Å². The monoisotopic (exact) mass is 370 g/mol. The van der Waals surface area contributed by atoms with E-state index in [4.69, 9.17) is 13.9 Å². The smallest absolute Gasteiger partial charge is 0.292 e. The molecule has 0 radical (unpaired) electrons. The first-order valence-electron chi connectivity index (χ1n) is 8.85. The number of aromatic nitrogens is 2. The number of aryl methyl sites for hydroxylation is 1. The standard InChI is InChI=1S/C19H22N4O4/c1-22-14-4-3-5-15(23-8-10-26-11-9-23)17(14)18(21-22)20-19(24)16-7-6-13(27-16)12-25-2/h3-7H,8-12H2,1-2H3,(H,20,21,24). The van der Waals surface area contributed by atoms with Crippen molar-refractivity contribution in [1.29, 1.82) is 0 Å². The van der Waals surface area contributed by atoms with E-state index in [-0.39, 0.29) is 11.7 Å². The molecular formula is C19H22N4O4. The van der Waals surface area contributed by atoms with Gasteiger partial charge in [0.2, 0.25) is 0 Å². The molecule has 1 fully saturated rings. The average Bonchev–Trinajstić information content (AvgIpc) is 3.28. The Morgan fingerprint density at radius 2 is 2.07 bits per heavy atom. The number of methoxy groups -OCH3 is 1. The van der Waals surface area contributed by atoms with E-state index in [0.29, 0.717) is 31.4 Å². The molecule has 1 aliphatic heterocycles. The van der Waals surface area contributed by atoms with Crippen LogP contribution in [-0.2, 0) is 23.1 Å². The Morgan fingerprint density at radius 1 is 1.26 bits per heavy atom. The Balaban J connectivity index is 1.67. The number of carbonyl (C=O) groups is 1. The molecule has 1 saturated heterocycles. The van der Waals surface area contributed by atoms with Crippen molar-refractivity contribution in [2.75, 3.05) is 43.6 Å². The maximum Gasteiger partial charge on any atom is 0.292 e. The van der Waals surface area contributed by atoms with Gasteiger partial charge in [-0.05, 0) is 24.3 Å². The summed E-state index contributed by atoms with van der Waals surface area (Å²) in [4.78, 5) is 14.9. The number of rotatable bonds is 5. The summed E-state index contributed by atoms with van der Waals surface area (Å²) >= 11 is 0. The van der Waals surface area contributed by atoms with Crippen molar-refractivity contribution in [3.8, 4) is 0 Å². The van der Waals surface area contributed by atoms with Gasteiger partial charge < -0.3 is 24.1 Å². The Morgan fingerprint density at radius 3 is 2.85 bits per heavy atom. The molecule has 0 spiro atoms. The van der Waals surface area contributed by atoms with Gasteiger partial charge >= 0.3 is 0 Å². The molecule has 3 heterocycles. The number of furan rings is 1. The SMILES string of the molecule is COCc1ccc(C(=O)Nc2nn(C)c3cccc(N4CCOCC4)c23)o1. The highest BCUT2D eigenvalue weighted by molar-refractivity contribution is 6.09. The van der Waals surface area contributed by atoms with E-state index in [1.165, 1.54) is 0 Å². The fraction of sp³-hybridized carbons (Fsp3) is 0.368. The molecule has 0 saturated carbocycles. The van der Waals surface area contributed by atoms with Crippen LogP contribution in [0.2, 0.25) is 0 Å². The van der Waals surface area contributed by atoms with Gasteiger partial charge in [-0.2, -0.15) is 5.10 Å². The van der Waals surface area contributed by atoms with Gasteiger partial charge in [0.25, 0.3) is 5.91 Å². The van der Waals surface area contributed by atoms with Crippen LogP contribution in [0, 0.1) is 0 Å². The third-order valence-corrected chi connectivity index (χ3v) is 4.61. The van der Waals surface area contributed by atoms with Gasteiger partial charge in [0.15, 0.2) is 11.6 Å². The number of hydrogen-bond acceptors (Lipinski definition) is 6. The Labute approximate surface area is 156 Å². The van der Waals surface area contributed by atoms with Crippen molar-refractivity contribution in [2.45, 2.75) is 6.61 Å². The number of benzene rings is 1. The summed E-state index contributed by atoms with van der Waals surface area (Å²) in [5.41, 5.74) is 1.99. The summed E-state index contributed by atoms with van der Waals surface area (Å²) in [5.74, 6) is 1.01. The van der Waals surface area contributed by atoms with E-state index in [9.17, 15) is 4.79 Å². The second kappa shape index (κ2) is 7.42. The zero-order chi connectivity index (χ0) is 18.8. The zero-order valence-electron chi connectivity index (χ0n) is 15.4. The topological polar surface area (TPSA) is 81.8 Å². The number of nitrogens with zero attached hydrogens (tertiary/aromatic N) is 3. The molecule has 1 amide bonds. The molecule has 0 aliphatic carbocycles. The first kappa shape index (κ1) is 17.6. The molecule has 1 N–H and O–H groups in total. The average molecular weight is 370 g/mol. The lowest BCUT2D eigenvalue weighted by molar-refractivity contribution is 0.0987. The third-order valence-electron chi connectivity index (χ3n) is 4.61. The highest BCUT2D eigenvalue weighted by Crippen LogP contribution is 2.33. The van der Waals surface area contributed by atoms with Gasteiger partial charge in [-0.1, -0.05) is 6.07 Å². The van der Waals surface area contributed by atoms with Crippen molar-refractivity contribution in [2.24, 2.45) is 7.05 Å². The fourth-order valence-corrected chi connectivity index (χ4v) is 3.34. The van der Waals surface area contributed by atoms with Crippen LogP contribution in [0.1, 0.15) is 16.3 Å². The quantitative estimate of drug-likeness (QED) is 0.743. The molecule has 0 atom stereocenters. The normalized spacial score (nSPS) is 14.7.